The summed E-state index contributed by atoms with van der Waals surface area (Å²) < 4.78 is 41.3. The van der Waals surface area contributed by atoms with Crippen LogP contribution in [0, 0.1) is 0 Å². The third-order valence-corrected chi connectivity index (χ3v) is 6.68. The number of hydrogen-bond donors (Lipinski definition) is 1. The number of halogens is 3. The van der Waals surface area contributed by atoms with Crippen LogP contribution in [0.1, 0.15) is 20.8 Å². The van der Waals surface area contributed by atoms with Gasteiger partial charge in [0.2, 0.25) is 11.8 Å². The molecule has 3 aromatic rings. The number of benzene rings is 2. The van der Waals surface area contributed by atoms with E-state index in [1.807, 2.05) is 0 Å². The lowest BCUT2D eigenvalue weighted by molar-refractivity contribution is -0.141. The van der Waals surface area contributed by atoms with E-state index in [0.29, 0.717) is 22.6 Å². The predicted octanol–water partition coefficient (Wildman–Crippen LogP) is 5.36. The van der Waals surface area contributed by atoms with Gasteiger partial charge in [-0.15, -0.1) is 0 Å². The first-order valence-corrected chi connectivity index (χ1v) is 11.5. The van der Waals surface area contributed by atoms with Gasteiger partial charge < -0.3 is 9.88 Å². The van der Waals surface area contributed by atoms with Crippen LogP contribution in [0.25, 0.3) is 11.3 Å². The highest BCUT2D eigenvalue weighted by Gasteiger charge is 2.45. The predicted molar refractivity (Wildman–Crippen MR) is 126 cm³/mol. The summed E-state index contributed by atoms with van der Waals surface area (Å²) in [5.74, 6) is -0.748. The molecule has 2 amide bonds. The maximum absolute atomic E-state index is 13.6. The fourth-order valence-corrected chi connectivity index (χ4v) is 4.79. The van der Waals surface area contributed by atoms with Gasteiger partial charge in [-0.05, 0) is 38.5 Å². The maximum Gasteiger partial charge on any atom is 0.406 e. The standard InChI is InChI=1S/C24H23F3N4O2S/c1-15(20(32)31-18-12-8-7-11-17(18)29-21(33)23(31,2)3)34-22-28-13-19(16-9-5-4-6-10-16)30(22)14-24(25,26)27/h4-13,15H,14H2,1-3H3,(H,29,33). The van der Waals surface area contributed by atoms with E-state index < -0.39 is 29.4 Å². The SMILES string of the molecule is CC(Sc1ncc(-c2ccccc2)n1CC(F)(F)F)C(=O)N1c2ccccc2NC(=O)C1(C)C. The van der Waals surface area contributed by atoms with Crippen LogP contribution < -0.4 is 10.2 Å². The first-order chi connectivity index (χ1) is 16.0. The number of alkyl halides is 3. The van der Waals surface area contributed by atoms with Crippen LogP contribution in [0.15, 0.2) is 66.0 Å². The van der Waals surface area contributed by atoms with Crippen molar-refractivity contribution in [1.82, 2.24) is 9.55 Å². The van der Waals surface area contributed by atoms with Crippen LogP contribution in [-0.2, 0) is 16.1 Å². The first kappa shape index (κ1) is 23.9. The van der Waals surface area contributed by atoms with Crippen molar-refractivity contribution in [2.75, 3.05) is 10.2 Å². The number of thioether (sulfide) groups is 1. The molecular weight excluding hydrogens is 465 g/mol. The molecule has 0 fully saturated rings. The Labute approximate surface area is 199 Å². The first-order valence-electron chi connectivity index (χ1n) is 10.6. The van der Waals surface area contributed by atoms with Crippen LogP contribution in [0.5, 0.6) is 0 Å². The number of nitrogens with zero attached hydrogens (tertiary/aromatic N) is 3. The van der Waals surface area contributed by atoms with Gasteiger partial charge in [0.25, 0.3) is 0 Å². The minimum atomic E-state index is -4.47. The summed E-state index contributed by atoms with van der Waals surface area (Å²) >= 11 is 0.934. The summed E-state index contributed by atoms with van der Waals surface area (Å²) in [5, 5.41) is 2.06. The van der Waals surface area contributed by atoms with Crippen LogP contribution >= 0.6 is 11.8 Å². The lowest BCUT2D eigenvalue weighted by Crippen LogP contribution is -2.60. The summed E-state index contributed by atoms with van der Waals surface area (Å²) in [6, 6.07) is 15.6. The second kappa shape index (κ2) is 8.83. The third kappa shape index (κ3) is 4.54. The average molecular weight is 489 g/mol. The van der Waals surface area contributed by atoms with Gasteiger partial charge in [0, 0.05) is 0 Å². The van der Waals surface area contributed by atoms with Crippen molar-refractivity contribution in [3.63, 3.8) is 0 Å². The van der Waals surface area contributed by atoms with E-state index in [0.717, 1.165) is 16.3 Å². The number of para-hydroxylation sites is 2. The molecule has 1 aromatic heterocycles. The van der Waals surface area contributed by atoms with Gasteiger partial charge in [0.1, 0.15) is 12.1 Å². The molecule has 34 heavy (non-hydrogen) atoms. The second-order valence-corrected chi connectivity index (χ2v) is 9.77. The molecule has 0 bridgehead atoms. The Morgan fingerprint density at radius 3 is 2.44 bits per heavy atom. The molecule has 1 unspecified atom stereocenters. The van der Waals surface area contributed by atoms with Crippen molar-refractivity contribution in [2.45, 2.75) is 49.4 Å². The van der Waals surface area contributed by atoms with E-state index in [1.54, 1.807) is 75.4 Å². The van der Waals surface area contributed by atoms with E-state index >= 15 is 0 Å². The van der Waals surface area contributed by atoms with Crippen LogP contribution in [0.4, 0.5) is 24.5 Å². The molecule has 0 spiro atoms. The van der Waals surface area contributed by atoms with Gasteiger partial charge in [0.05, 0.1) is 28.5 Å². The molecule has 1 aliphatic heterocycles. The van der Waals surface area contributed by atoms with Crippen LogP contribution in [0.3, 0.4) is 0 Å². The van der Waals surface area contributed by atoms with Gasteiger partial charge >= 0.3 is 6.18 Å². The number of hydrogen-bond acceptors (Lipinski definition) is 4. The largest absolute Gasteiger partial charge is 0.406 e. The molecule has 10 heteroatoms. The Morgan fingerprint density at radius 1 is 1.12 bits per heavy atom. The molecule has 0 aliphatic carbocycles. The Morgan fingerprint density at radius 2 is 1.76 bits per heavy atom. The van der Waals surface area contributed by atoms with Crippen LogP contribution in [0.2, 0.25) is 0 Å². The molecule has 0 radical (unpaired) electrons. The normalized spacial score (nSPS) is 16.1. The fourth-order valence-electron chi connectivity index (χ4n) is 3.86. The van der Waals surface area contributed by atoms with Crippen molar-refractivity contribution >= 4 is 35.0 Å². The zero-order chi connectivity index (χ0) is 24.7. The highest BCUT2D eigenvalue weighted by molar-refractivity contribution is 8.00. The fraction of sp³-hybridized carbons (Fsp3) is 0.292. The number of carbonyl (C=O) groups excluding carboxylic acids is 2. The molecule has 6 nitrogen and oxygen atoms in total. The van der Waals surface area contributed by atoms with Crippen molar-refractivity contribution in [3.8, 4) is 11.3 Å². The summed E-state index contributed by atoms with van der Waals surface area (Å²) in [5.41, 5.74) is 0.753. The average Bonchev–Trinajstić information content (AvgIpc) is 3.15. The van der Waals surface area contributed by atoms with E-state index in [9.17, 15) is 22.8 Å². The molecule has 4 rings (SSSR count). The zero-order valence-electron chi connectivity index (χ0n) is 18.8. The second-order valence-electron chi connectivity index (χ2n) is 8.46. The van der Waals surface area contributed by atoms with E-state index in [4.69, 9.17) is 0 Å². The summed E-state index contributed by atoms with van der Waals surface area (Å²) in [6.45, 7) is 3.63. The van der Waals surface area contributed by atoms with Gasteiger partial charge in [0.15, 0.2) is 5.16 Å². The van der Waals surface area contributed by atoms with Gasteiger partial charge in [-0.2, -0.15) is 13.2 Å². The van der Waals surface area contributed by atoms with Crippen LogP contribution in [-0.4, -0.2) is 38.3 Å². The maximum atomic E-state index is 13.6. The highest BCUT2D eigenvalue weighted by Crippen LogP contribution is 2.39. The molecule has 1 N–H and O–H groups in total. The summed E-state index contributed by atoms with van der Waals surface area (Å²) in [7, 11) is 0. The Hall–Kier alpha value is -3.27. The lowest BCUT2D eigenvalue weighted by atomic mass is 9.96. The molecule has 2 heterocycles. The van der Waals surface area contributed by atoms with Gasteiger partial charge in [-0.1, -0.05) is 54.2 Å². The number of aromatic nitrogens is 2. The quantitative estimate of drug-likeness (QED) is 0.491. The zero-order valence-corrected chi connectivity index (χ0v) is 19.6. The number of fused-ring (bicyclic) bond motifs is 1. The van der Waals surface area contributed by atoms with Gasteiger partial charge in [-0.25, -0.2) is 4.98 Å². The minimum Gasteiger partial charge on any atom is -0.322 e. The van der Waals surface area contributed by atoms with Crippen molar-refractivity contribution in [3.05, 3.63) is 60.8 Å². The molecule has 178 valence electrons. The monoisotopic (exact) mass is 488 g/mol. The Balaban J connectivity index is 1.68. The molecule has 0 saturated heterocycles. The van der Waals surface area contributed by atoms with Gasteiger partial charge in [-0.3, -0.25) is 14.5 Å². The van der Waals surface area contributed by atoms with Crippen molar-refractivity contribution in [1.29, 1.82) is 0 Å². The smallest absolute Gasteiger partial charge is 0.322 e. The molecule has 2 aromatic carbocycles. The minimum absolute atomic E-state index is 0.0737. The number of nitrogens with one attached hydrogen (secondary N) is 1. The van der Waals surface area contributed by atoms with E-state index in [1.165, 1.54) is 11.1 Å². The van der Waals surface area contributed by atoms with E-state index in [-0.39, 0.29) is 11.1 Å². The molecule has 0 saturated carbocycles. The van der Waals surface area contributed by atoms with E-state index in [2.05, 4.69) is 10.3 Å². The lowest BCUT2D eigenvalue weighted by Gasteiger charge is -2.43. The van der Waals surface area contributed by atoms with Crippen molar-refractivity contribution < 1.29 is 22.8 Å². The highest BCUT2D eigenvalue weighted by atomic mass is 32.2. The molecular formula is C24H23F3N4O2S. The Bertz CT molecular complexity index is 1220. The summed E-state index contributed by atoms with van der Waals surface area (Å²) in [4.78, 5) is 31.9. The molecule has 1 atom stereocenters. The van der Waals surface area contributed by atoms with Crippen molar-refractivity contribution in [2.24, 2.45) is 0 Å². The number of imidazole rings is 1. The third-order valence-electron chi connectivity index (χ3n) is 5.58. The molecule has 1 aliphatic rings. The summed E-state index contributed by atoms with van der Waals surface area (Å²) in [6.07, 6.45) is -3.09. The topological polar surface area (TPSA) is 67.2 Å². The number of carbonyl (C=O) groups is 2. The number of rotatable bonds is 5. The Kier molecular flexibility index (Phi) is 6.20. The number of anilines is 2. The number of amides is 2.